The SMILES string of the molecule is CC(C)c1cc(CN(C)C(=O)C2(c3ccccc3)CCN(C)CC2)no1. The number of benzene rings is 1. The van der Waals surface area contributed by atoms with Gasteiger partial charge in [-0.1, -0.05) is 49.3 Å². The maximum Gasteiger partial charge on any atom is 0.233 e. The Bertz CT molecular complexity index is 731. The van der Waals surface area contributed by atoms with Crippen LogP contribution in [0.2, 0.25) is 0 Å². The predicted octanol–water partition coefficient (Wildman–Crippen LogP) is 3.42. The number of nitrogens with zero attached hydrogens (tertiary/aromatic N) is 3. The van der Waals surface area contributed by atoms with E-state index < -0.39 is 5.41 Å². The smallest absolute Gasteiger partial charge is 0.233 e. The van der Waals surface area contributed by atoms with Gasteiger partial charge in [0.1, 0.15) is 11.5 Å². The Balaban J connectivity index is 1.82. The molecule has 1 saturated heterocycles. The highest BCUT2D eigenvalue weighted by molar-refractivity contribution is 5.88. The van der Waals surface area contributed by atoms with Gasteiger partial charge in [-0.25, -0.2) is 0 Å². The first-order chi connectivity index (χ1) is 12.4. The number of piperidine rings is 1. The van der Waals surface area contributed by atoms with Crippen LogP contribution < -0.4 is 0 Å². The number of carbonyl (C=O) groups excluding carboxylic acids is 1. The van der Waals surface area contributed by atoms with Crippen LogP contribution in [0.4, 0.5) is 0 Å². The van der Waals surface area contributed by atoms with Crippen molar-refractivity contribution in [2.45, 2.75) is 44.6 Å². The number of hydrogen-bond acceptors (Lipinski definition) is 4. The number of rotatable bonds is 5. The molecule has 0 spiro atoms. The summed E-state index contributed by atoms with van der Waals surface area (Å²) >= 11 is 0. The topological polar surface area (TPSA) is 49.6 Å². The highest BCUT2D eigenvalue weighted by atomic mass is 16.5. The summed E-state index contributed by atoms with van der Waals surface area (Å²) in [5, 5.41) is 4.14. The maximum absolute atomic E-state index is 13.5. The second-order valence-electron chi connectivity index (χ2n) is 7.79. The fourth-order valence-electron chi connectivity index (χ4n) is 3.74. The second-order valence-corrected chi connectivity index (χ2v) is 7.79. The van der Waals surface area contributed by atoms with Crippen LogP contribution in [-0.2, 0) is 16.8 Å². The van der Waals surface area contributed by atoms with E-state index in [1.54, 1.807) is 4.90 Å². The van der Waals surface area contributed by atoms with Crippen LogP contribution in [0.3, 0.4) is 0 Å². The van der Waals surface area contributed by atoms with Crippen LogP contribution in [0.15, 0.2) is 40.9 Å². The molecule has 0 saturated carbocycles. The first kappa shape index (κ1) is 18.6. The molecule has 1 aromatic carbocycles. The number of amides is 1. The molecule has 0 aliphatic carbocycles. The molecule has 1 aliphatic rings. The minimum atomic E-state index is -0.451. The molecule has 5 nitrogen and oxygen atoms in total. The van der Waals surface area contributed by atoms with E-state index in [-0.39, 0.29) is 5.91 Å². The molecule has 0 N–H and O–H groups in total. The van der Waals surface area contributed by atoms with Gasteiger partial charge in [-0.15, -0.1) is 0 Å². The molecule has 1 fully saturated rings. The zero-order valence-electron chi connectivity index (χ0n) is 16.2. The first-order valence-electron chi connectivity index (χ1n) is 9.37. The second kappa shape index (κ2) is 7.62. The minimum Gasteiger partial charge on any atom is -0.361 e. The maximum atomic E-state index is 13.5. The zero-order valence-corrected chi connectivity index (χ0v) is 16.2. The van der Waals surface area contributed by atoms with Crippen LogP contribution in [0.5, 0.6) is 0 Å². The molecule has 26 heavy (non-hydrogen) atoms. The van der Waals surface area contributed by atoms with Crippen LogP contribution in [0.1, 0.15) is 49.6 Å². The standard InChI is InChI=1S/C21H29N3O2/c1-16(2)19-14-18(22-26-19)15-24(4)20(25)21(10-12-23(3)13-11-21)17-8-6-5-7-9-17/h5-9,14,16H,10-13,15H2,1-4H3. The lowest BCUT2D eigenvalue weighted by atomic mass is 9.71. The monoisotopic (exact) mass is 355 g/mol. The third kappa shape index (κ3) is 3.68. The van der Waals surface area contributed by atoms with Crippen molar-refractivity contribution in [1.29, 1.82) is 0 Å². The van der Waals surface area contributed by atoms with Crippen LogP contribution in [0, 0.1) is 0 Å². The predicted molar refractivity (Wildman–Crippen MR) is 102 cm³/mol. The van der Waals surface area contributed by atoms with Crippen molar-refractivity contribution < 1.29 is 9.32 Å². The molecule has 2 heterocycles. The van der Waals surface area contributed by atoms with Crippen molar-refractivity contribution in [2.24, 2.45) is 0 Å². The van der Waals surface area contributed by atoms with Gasteiger partial charge in [0.2, 0.25) is 5.91 Å². The minimum absolute atomic E-state index is 0.172. The summed E-state index contributed by atoms with van der Waals surface area (Å²) in [6, 6.07) is 12.2. The third-order valence-electron chi connectivity index (χ3n) is 5.47. The number of likely N-dealkylation sites (N-methyl/N-ethyl adjacent to an activating group) is 1. The summed E-state index contributed by atoms with van der Waals surface area (Å²) in [6.45, 7) is 6.47. The molecule has 1 amide bonds. The fraction of sp³-hybridized carbons (Fsp3) is 0.524. The molecule has 0 atom stereocenters. The van der Waals surface area contributed by atoms with E-state index in [4.69, 9.17) is 4.52 Å². The van der Waals surface area contributed by atoms with E-state index in [0.717, 1.165) is 42.9 Å². The Labute approximate surface area is 156 Å². The molecule has 2 aromatic rings. The summed E-state index contributed by atoms with van der Waals surface area (Å²) < 4.78 is 5.38. The summed E-state index contributed by atoms with van der Waals surface area (Å²) in [7, 11) is 3.99. The molecule has 0 radical (unpaired) electrons. The Morgan fingerprint density at radius 1 is 1.27 bits per heavy atom. The van der Waals surface area contributed by atoms with E-state index in [0.29, 0.717) is 12.5 Å². The van der Waals surface area contributed by atoms with Crippen molar-refractivity contribution in [3.05, 3.63) is 53.4 Å². The van der Waals surface area contributed by atoms with Crippen molar-refractivity contribution >= 4 is 5.91 Å². The van der Waals surface area contributed by atoms with E-state index in [1.807, 2.05) is 31.3 Å². The van der Waals surface area contributed by atoms with Gasteiger partial charge >= 0.3 is 0 Å². The molecule has 1 aliphatic heterocycles. The Morgan fingerprint density at radius 3 is 2.50 bits per heavy atom. The number of carbonyl (C=O) groups is 1. The van der Waals surface area contributed by atoms with Gasteiger partial charge in [0, 0.05) is 19.0 Å². The van der Waals surface area contributed by atoms with Crippen LogP contribution in [0.25, 0.3) is 0 Å². The lowest BCUT2D eigenvalue weighted by Crippen LogP contribution is -2.51. The average molecular weight is 355 g/mol. The Hall–Kier alpha value is -2.14. The Morgan fingerprint density at radius 2 is 1.92 bits per heavy atom. The van der Waals surface area contributed by atoms with Gasteiger partial charge in [-0.2, -0.15) is 0 Å². The van der Waals surface area contributed by atoms with Gasteiger partial charge in [0.25, 0.3) is 0 Å². The number of hydrogen-bond donors (Lipinski definition) is 0. The lowest BCUT2D eigenvalue weighted by Gasteiger charge is -2.41. The quantitative estimate of drug-likeness (QED) is 0.825. The number of likely N-dealkylation sites (tertiary alicyclic amines) is 1. The van der Waals surface area contributed by atoms with Gasteiger partial charge in [-0.3, -0.25) is 4.79 Å². The fourth-order valence-corrected chi connectivity index (χ4v) is 3.74. The van der Waals surface area contributed by atoms with Gasteiger partial charge in [-0.05, 0) is 38.5 Å². The van der Waals surface area contributed by atoms with E-state index >= 15 is 0 Å². The van der Waals surface area contributed by atoms with Gasteiger partial charge in [0.15, 0.2) is 0 Å². The van der Waals surface area contributed by atoms with E-state index in [9.17, 15) is 4.79 Å². The number of aromatic nitrogens is 1. The summed E-state index contributed by atoms with van der Waals surface area (Å²) in [4.78, 5) is 17.6. The summed E-state index contributed by atoms with van der Waals surface area (Å²) in [5.74, 6) is 1.32. The summed E-state index contributed by atoms with van der Waals surface area (Å²) in [6.07, 6.45) is 1.68. The molecule has 5 heteroatoms. The van der Waals surface area contributed by atoms with Crippen LogP contribution >= 0.6 is 0 Å². The molecule has 0 bridgehead atoms. The molecule has 0 unspecified atom stereocenters. The van der Waals surface area contributed by atoms with Crippen molar-refractivity contribution in [1.82, 2.24) is 15.0 Å². The molecular weight excluding hydrogens is 326 g/mol. The molecule has 140 valence electrons. The van der Waals surface area contributed by atoms with Crippen LogP contribution in [-0.4, -0.2) is 48.0 Å². The van der Waals surface area contributed by atoms with Crippen molar-refractivity contribution in [2.75, 3.05) is 27.2 Å². The van der Waals surface area contributed by atoms with Gasteiger partial charge < -0.3 is 14.3 Å². The summed E-state index contributed by atoms with van der Waals surface area (Å²) in [5.41, 5.74) is 1.47. The lowest BCUT2D eigenvalue weighted by molar-refractivity contribution is -0.138. The largest absolute Gasteiger partial charge is 0.361 e. The molecule has 1 aromatic heterocycles. The zero-order chi connectivity index (χ0) is 18.7. The normalized spacial score (nSPS) is 17.4. The van der Waals surface area contributed by atoms with Crippen molar-refractivity contribution in [3.63, 3.8) is 0 Å². The van der Waals surface area contributed by atoms with E-state index in [1.165, 1.54) is 0 Å². The van der Waals surface area contributed by atoms with Gasteiger partial charge in [0.05, 0.1) is 12.0 Å². The van der Waals surface area contributed by atoms with Crippen molar-refractivity contribution in [3.8, 4) is 0 Å². The third-order valence-corrected chi connectivity index (χ3v) is 5.47. The Kier molecular flexibility index (Phi) is 5.47. The first-order valence-corrected chi connectivity index (χ1v) is 9.37. The highest BCUT2D eigenvalue weighted by Crippen LogP contribution is 2.37. The highest BCUT2D eigenvalue weighted by Gasteiger charge is 2.43. The molecule has 3 rings (SSSR count). The average Bonchev–Trinajstić information content (AvgIpc) is 3.11. The van der Waals surface area contributed by atoms with E-state index in [2.05, 4.69) is 43.1 Å². The molecular formula is C21H29N3O2.